The van der Waals surface area contributed by atoms with Crippen LogP contribution in [0.5, 0.6) is 0 Å². The van der Waals surface area contributed by atoms with E-state index in [1.54, 1.807) is 0 Å². The maximum absolute atomic E-state index is 12.1. The van der Waals surface area contributed by atoms with E-state index < -0.39 is 6.17 Å². The van der Waals surface area contributed by atoms with Crippen LogP contribution in [0.4, 0.5) is 0 Å². The van der Waals surface area contributed by atoms with Crippen molar-refractivity contribution in [2.45, 2.75) is 26.4 Å². The number of benzene rings is 2. The predicted molar refractivity (Wildman–Crippen MR) is 99.4 cm³/mol. The second-order valence-corrected chi connectivity index (χ2v) is 6.13. The number of nitrogens with zero attached hydrogens (tertiary/aromatic N) is 4. The quantitative estimate of drug-likeness (QED) is 0.793. The Bertz CT molecular complexity index is 990. The zero-order valence-electron chi connectivity index (χ0n) is 14.7. The number of carbonyl (C=O) groups excluding carboxylic acids is 1. The maximum Gasteiger partial charge on any atom is 0.221 e. The van der Waals surface area contributed by atoms with Crippen molar-refractivity contribution < 1.29 is 4.79 Å². The average Bonchev–Trinajstić information content (AvgIpc) is 3.00. The number of carbonyl (C=O) groups is 1. The van der Waals surface area contributed by atoms with Gasteiger partial charge >= 0.3 is 0 Å². The summed E-state index contributed by atoms with van der Waals surface area (Å²) >= 11 is 0. The summed E-state index contributed by atoms with van der Waals surface area (Å²) in [6.45, 7) is 3.72. The highest BCUT2D eigenvalue weighted by atomic mass is 16.1. The van der Waals surface area contributed by atoms with Crippen LogP contribution < -0.4 is 5.32 Å². The molecule has 6 nitrogen and oxygen atoms in total. The molecule has 1 atom stereocenters. The number of fused-ring (bicyclic) bond motifs is 3. The highest BCUT2D eigenvalue weighted by Gasteiger charge is 2.28. The molecule has 130 valence electrons. The third kappa shape index (κ3) is 2.69. The molecule has 0 bridgehead atoms. The Kier molecular flexibility index (Phi) is 4.08. The molecule has 1 unspecified atom stereocenters. The minimum absolute atomic E-state index is 0.0793. The Balaban J connectivity index is 1.98. The first-order chi connectivity index (χ1) is 12.7. The summed E-state index contributed by atoms with van der Waals surface area (Å²) in [5, 5.41) is 11.5. The van der Waals surface area contributed by atoms with Crippen molar-refractivity contribution in [3.63, 3.8) is 0 Å². The van der Waals surface area contributed by atoms with E-state index in [2.05, 4.69) is 15.5 Å². The summed E-state index contributed by atoms with van der Waals surface area (Å²) < 4.78 is 1.97. The van der Waals surface area contributed by atoms with Gasteiger partial charge in [0.05, 0.1) is 11.4 Å². The SMILES string of the molecule is CCC(=O)NC1N=C(c2ccccc2)c2ccccc2-n2c(C)nnc21. The molecule has 2 heterocycles. The van der Waals surface area contributed by atoms with Gasteiger partial charge in [-0.15, -0.1) is 10.2 Å². The second kappa shape index (κ2) is 6.55. The summed E-state index contributed by atoms with van der Waals surface area (Å²) in [7, 11) is 0. The van der Waals surface area contributed by atoms with E-state index in [1.807, 2.05) is 73.0 Å². The Hall–Kier alpha value is -3.28. The van der Waals surface area contributed by atoms with Gasteiger partial charge in [-0.3, -0.25) is 14.4 Å². The molecule has 0 saturated carbocycles. The number of amides is 1. The molecule has 4 rings (SSSR count). The molecule has 0 radical (unpaired) electrons. The maximum atomic E-state index is 12.1. The first-order valence-corrected chi connectivity index (χ1v) is 8.63. The number of aliphatic imine (C=N–C) groups is 1. The van der Waals surface area contributed by atoms with Crippen LogP contribution in [0.3, 0.4) is 0 Å². The summed E-state index contributed by atoms with van der Waals surface area (Å²) in [4.78, 5) is 17.0. The zero-order chi connectivity index (χ0) is 18.1. The van der Waals surface area contributed by atoms with Gasteiger partial charge in [-0.1, -0.05) is 55.5 Å². The van der Waals surface area contributed by atoms with Crippen LogP contribution in [-0.2, 0) is 4.79 Å². The van der Waals surface area contributed by atoms with Crippen molar-refractivity contribution in [1.82, 2.24) is 20.1 Å². The van der Waals surface area contributed by atoms with E-state index >= 15 is 0 Å². The Labute approximate surface area is 151 Å². The molecule has 1 aliphatic rings. The summed E-state index contributed by atoms with van der Waals surface area (Å²) in [5.74, 6) is 1.29. The fourth-order valence-electron chi connectivity index (χ4n) is 3.16. The van der Waals surface area contributed by atoms with Gasteiger partial charge in [0.15, 0.2) is 12.0 Å². The summed E-state index contributed by atoms with van der Waals surface area (Å²) in [5.41, 5.74) is 3.76. The number of hydrogen-bond donors (Lipinski definition) is 1. The van der Waals surface area contributed by atoms with Crippen LogP contribution in [0.1, 0.15) is 42.3 Å². The van der Waals surface area contributed by atoms with Crippen molar-refractivity contribution in [2.75, 3.05) is 0 Å². The molecule has 0 fully saturated rings. The van der Waals surface area contributed by atoms with Crippen LogP contribution in [0, 0.1) is 6.92 Å². The molecule has 0 aliphatic carbocycles. The molecule has 2 aromatic carbocycles. The third-order valence-electron chi connectivity index (χ3n) is 4.42. The standard InChI is InChI=1S/C20H19N5O/c1-3-17(26)21-19-20-24-23-13(2)25(20)16-12-8-7-11-15(16)18(22-19)14-9-5-4-6-10-14/h4-12,19H,3H2,1-2H3,(H,21,26). The van der Waals surface area contributed by atoms with E-state index in [0.29, 0.717) is 12.2 Å². The van der Waals surface area contributed by atoms with Crippen molar-refractivity contribution in [1.29, 1.82) is 0 Å². The van der Waals surface area contributed by atoms with Gasteiger partial charge in [-0.25, -0.2) is 0 Å². The monoisotopic (exact) mass is 345 g/mol. The smallest absolute Gasteiger partial charge is 0.221 e. The molecular formula is C20H19N5O. The van der Waals surface area contributed by atoms with E-state index in [9.17, 15) is 4.79 Å². The lowest BCUT2D eigenvalue weighted by Crippen LogP contribution is -2.28. The van der Waals surface area contributed by atoms with E-state index in [0.717, 1.165) is 28.4 Å². The van der Waals surface area contributed by atoms with Crippen molar-refractivity contribution in [3.05, 3.63) is 77.4 Å². The van der Waals surface area contributed by atoms with Gasteiger partial charge < -0.3 is 5.32 Å². The molecular weight excluding hydrogens is 326 g/mol. The van der Waals surface area contributed by atoms with Gasteiger partial charge in [0, 0.05) is 17.5 Å². The highest BCUT2D eigenvalue weighted by Crippen LogP contribution is 2.29. The summed E-state index contributed by atoms with van der Waals surface area (Å²) in [6.07, 6.45) is -0.210. The Morgan fingerprint density at radius 2 is 1.81 bits per heavy atom. The van der Waals surface area contributed by atoms with E-state index in [1.165, 1.54) is 0 Å². The highest BCUT2D eigenvalue weighted by molar-refractivity contribution is 6.15. The topological polar surface area (TPSA) is 72.2 Å². The zero-order valence-corrected chi connectivity index (χ0v) is 14.7. The number of aryl methyl sites for hydroxylation is 1. The minimum atomic E-state index is -0.591. The second-order valence-electron chi connectivity index (χ2n) is 6.13. The van der Waals surface area contributed by atoms with Gasteiger partial charge in [0.1, 0.15) is 5.82 Å². The molecule has 6 heteroatoms. The largest absolute Gasteiger partial charge is 0.328 e. The number of hydrogen-bond acceptors (Lipinski definition) is 4. The number of aromatic nitrogens is 3. The van der Waals surface area contributed by atoms with Crippen LogP contribution in [0.25, 0.3) is 5.69 Å². The first kappa shape index (κ1) is 16.2. The van der Waals surface area contributed by atoms with Gasteiger partial charge in [0.25, 0.3) is 0 Å². The molecule has 1 aliphatic heterocycles. The molecule has 0 spiro atoms. The van der Waals surface area contributed by atoms with E-state index in [4.69, 9.17) is 4.99 Å². The molecule has 3 aromatic rings. The van der Waals surface area contributed by atoms with Crippen molar-refractivity contribution in [2.24, 2.45) is 4.99 Å². The fraction of sp³-hybridized carbons (Fsp3) is 0.200. The van der Waals surface area contributed by atoms with Gasteiger partial charge in [-0.05, 0) is 13.0 Å². The first-order valence-electron chi connectivity index (χ1n) is 8.63. The lowest BCUT2D eigenvalue weighted by Gasteiger charge is -2.13. The molecule has 1 N–H and O–H groups in total. The number of rotatable bonds is 3. The lowest BCUT2D eigenvalue weighted by molar-refractivity contribution is -0.121. The lowest BCUT2D eigenvalue weighted by atomic mass is 10.0. The predicted octanol–water partition coefficient (Wildman–Crippen LogP) is 2.95. The third-order valence-corrected chi connectivity index (χ3v) is 4.42. The molecule has 1 amide bonds. The molecule has 1 aromatic heterocycles. The Morgan fingerprint density at radius 1 is 1.08 bits per heavy atom. The molecule has 26 heavy (non-hydrogen) atoms. The normalized spacial score (nSPS) is 15.5. The van der Waals surface area contributed by atoms with Crippen LogP contribution >= 0.6 is 0 Å². The van der Waals surface area contributed by atoms with Crippen LogP contribution in [0.2, 0.25) is 0 Å². The van der Waals surface area contributed by atoms with Crippen LogP contribution in [0.15, 0.2) is 59.6 Å². The van der Waals surface area contributed by atoms with Crippen molar-refractivity contribution >= 4 is 11.6 Å². The molecule has 0 saturated heterocycles. The average molecular weight is 345 g/mol. The van der Waals surface area contributed by atoms with Gasteiger partial charge in [-0.2, -0.15) is 0 Å². The van der Waals surface area contributed by atoms with Crippen LogP contribution in [-0.4, -0.2) is 26.4 Å². The fourth-order valence-corrected chi connectivity index (χ4v) is 3.16. The Morgan fingerprint density at radius 3 is 2.58 bits per heavy atom. The van der Waals surface area contributed by atoms with E-state index in [-0.39, 0.29) is 5.91 Å². The van der Waals surface area contributed by atoms with Crippen molar-refractivity contribution in [3.8, 4) is 5.69 Å². The summed E-state index contributed by atoms with van der Waals surface area (Å²) in [6, 6.07) is 18.0. The number of para-hydroxylation sites is 1. The minimum Gasteiger partial charge on any atom is -0.328 e. The number of nitrogens with one attached hydrogen (secondary N) is 1. The van der Waals surface area contributed by atoms with Gasteiger partial charge in [0.2, 0.25) is 5.91 Å².